The molecule has 1 heterocycles. The summed E-state index contributed by atoms with van der Waals surface area (Å²) in [6, 6.07) is 0. The van der Waals surface area contributed by atoms with Crippen LogP contribution in [0.15, 0.2) is 6.20 Å². The number of hydrogen-bond acceptors (Lipinski definition) is 3. The zero-order valence-electron chi connectivity index (χ0n) is 5.79. The lowest BCUT2D eigenvalue weighted by Gasteiger charge is -1.99. The van der Waals surface area contributed by atoms with E-state index in [2.05, 4.69) is 25.9 Å². The smallest absolute Gasteiger partial charge is 0.354 e. The summed E-state index contributed by atoms with van der Waals surface area (Å²) >= 11 is 8.53. The molecule has 0 amide bonds. The van der Waals surface area contributed by atoms with Gasteiger partial charge in [0.15, 0.2) is 5.69 Å². The molecule has 0 aromatic carbocycles. The minimum Gasteiger partial charge on any atom is -0.476 e. The van der Waals surface area contributed by atoms with Gasteiger partial charge in [-0.1, -0.05) is 15.9 Å². The molecule has 0 radical (unpaired) electrons. The van der Waals surface area contributed by atoms with Gasteiger partial charge in [0.25, 0.3) is 0 Å². The molecule has 0 unspecified atom stereocenters. The van der Waals surface area contributed by atoms with Crippen LogP contribution >= 0.6 is 27.5 Å². The summed E-state index contributed by atoms with van der Waals surface area (Å²) in [5.74, 6) is -1.10. The van der Waals surface area contributed by atoms with Gasteiger partial charge in [0.1, 0.15) is 0 Å². The topological polar surface area (TPSA) is 63.1 Å². The third-order valence-electron chi connectivity index (χ3n) is 1.18. The molecule has 0 saturated carbocycles. The van der Waals surface area contributed by atoms with Crippen LogP contribution in [0.25, 0.3) is 0 Å². The fourth-order valence-electron chi connectivity index (χ4n) is 0.668. The van der Waals surface area contributed by atoms with Crippen LogP contribution in [0.1, 0.15) is 16.1 Å². The van der Waals surface area contributed by atoms with Gasteiger partial charge in [-0.05, 0) is 11.6 Å². The zero-order chi connectivity index (χ0) is 9.14. The maximum absolute atomic E-state index is 10.6. The third kappa shape index (κ3) is 1.92. The molecule has 0 aliphatic rings. The molecule has 1 rings (SSSR count). The lowest BCUT2D eigenvalue weighted by atomic mass is 10.2. The number of aromatic carboxylic acids is 1. The van der Waals surface area contributed by atoms with Crippen LogP contribution in [0.3, 0.4) is 0 Å². The number of carboxylic acids is 1. The Bertz CT molecular complexity index is 318. The number of nitrogens with zero attached hydrogens (tertiary/aromatic N) is 2. The summed E-state index contributed by atoms with van der Waals surface area (Å²) in [5.41, 5.74) is 0.443. The van der Waals surface area contributed by atoms with Crippen molar-refractivity contribution in [1.82, 2.24) is 9.97 Å². The van der Waals surface area contributed by atoms with Gasteiger partial charge < -0.3 is 5.11 Å². The van der Waals surface area contributed by atoms with Gasteiger partial charge in [-0.15, -0.1) is 0 Å². The molecular formula is C6H4BrClN2O2. The highest BCUT2D eigenvalue weighted by atomic mass is 79.9. The second kappa shape index (κ2) is 3.82. The molecule has 12 heavy (non-hydrogen) atoms. The van der Waals surface area contributed by atoms with Crippen molar-refractivity contribution in [1.29, 1.82) is 0 Å². The maximum atomic E-state index is 10.6. The monoisotopic (exact) mass is 250 g/mol. The number of rotatable bonds is 2. The number of hydrogen-bond donors (Lipinski definition) is 1. The summed E-state index contributed by atoms with van der Waals surface area (Å²) in [6.07, 6.45) is 1.38. The van der Waals surface area contributed by atoms with Gasteiger partial charge in [-0.2, -0.15) is 0 Å². The maximum Gasteiger partial charge on any atom is 0.354 e. The highest BCUT2D eigenvalue weighted by Gasteiger charge is 2.11. The van der Waals surface area contributed by atoms with Crippen LogP contribution in [0.5, 0.6) is 0 Å². The normalized spacial score (nSPS) is 9.83. The van der Waals surface area contributed by atoms with Gasteiger partial charge in [-0.25, -0.2) is 14.8 Å². The zero-order valence-corrected chi connectivity index (χ0v) is 8.13. The summed E-state index contributed by atoms with van der Waals surface area (Å²) in [5, 5.41) is 8.99. The Hall–Kier alpha value is -0.680. The predicted octanol–water partition coefficient (Wildman–Crippen LogP) is 1.72. The summed E-state index contributed by atoms with van der Waals surface area (Å²) in [4.78, 5) is 17.8. The summed E-state index contributed by atoms with van der Waals surface area (Å²) < 4.78 is 0. The third-order valence-corrected chi connectivity index (χ3v) is 1.97. The Labute approximate surface area is 81.7 Å². The molecule has 1 aromatic heterocycles. The SMILES string of the molecule is O=C(O)c1nc(Cl)ncc1CBr. The first-order chi connectivity index (χ1) is 5.65. The van der Waals surface area contributed by atoms with E-state index < -0.39 is 5.97 Å². The van der Waals surface area contributed by atoms with Crippen molar-refractivity contribution in [3.8, 4) is 0 Å². The van der Waals surface area contributed by atoms with Crippen molar-refractivity contribution in [2.75, 3.05) is 0 Å². The minimum atomic E-state index is -1.10. The number of halogens is 2. The van der Waals surface area contributed by atoms with Crippen molar-refractivity contribution >= 4 is 33.5 Å². The molecule has 0 atom stereocenters. The highest BCUT2D eigenvalue weighted by molar-refractivity contribution is 9.08. The highest BCUT2D eigenvalue weighted by Crippen LogP contribution is 2.11. The molecule has 0 fully saturated rings. The van der Waals surface area contributed by atoms with E-state index in [0.717, 1.165) is 0 Å². The Morgan fingerprint density at radius 3 is 2.92 bits per heavy atom. The Morgan fingerprint density at radius 2 is 2.42 bits per heavy atom. The molecule has 0 spiro atoms. The van der Waals surface area contributed by atoms with E-state index in [1.807, 2.05) is 0 Å². The van der Waals surface area contributed by atoms with Crippen LogP contribution < -0.4 is 0 Å². The largest absolute Gasteiger partial charge is 0.476 e. The van der Waals surface area contributed by atoms with Gasteiger partial charge in [0.2, 0.25) is 5.28 Å². The molecule has 4 nitrogen and oxygen atoms in total. The van der Waals surface area contributed by atoms with E-state index >= 15 is 0 Å². The van der Waals surface area contributed by atoms with E-state index in [9.17, 15) is 4.79 Å². The molecule has 1 aromatic rings. The Kier molecular flexibility index (Phi) is 2.99. The van der Waals surface area contributed by atoms with Crippen molar-refractivity contribution in [3.05, 3.63) is 22.7 Å². The summed E-state index contributed by atoms with van der Waals surface area (Å²) in [6.45, 7) is 0. The van der Waals surface area contributed by atoms with E-state index in [0.29, 0.717) is 10.9 Å². The van der Waals surface area contributed by atoms with E-state index in [-0.39, 0.29) is 11.0 Å². The lowest BCUT2D eigenvalue weighted by Crippen LogP contribution is -2.05. The first-order valence-electron chi connectivity index (χ1n) is 2.96. The first-order valence-corrected chi connectivity index (χ1v) is 4.45. The van der Waals surface area contributed by atoms with E-state index in [4.69, 9.17) is 16.7 Å². The van der Waals surface area contributed by atoms with Crippen molar-refractivity contribution < 1.29 is 9.90 Å². The average molecular weight is 251 g/mol. The van der Waals surface area contributed by atoms with Crippen molar-refractivity contribution in [2.24, 2.45) is 0 Å². The molecule has 0 aliphatic heterocycles. The second-order valence-corrected chi connectivity index (χ2v) is 2.85. The molecular weight excluding hydrogens is 247 g/mol. The fourth-order valence-corrected chi connectivity index (χ4v) is 1.21. The van der Waals surface area contributed by atoms with Crippen LogP contribution in [0.4, 0.5) is 0 Å². The van der Waals surface area contributed by atoms with E-state index in [1.54, 1.807) is 0 Å². The molecule has 0 bridgehead atoms. The number of alkyl halides is 1. The average Bonchev–Trinajstić information content (AvgIpc) is 2.04. The van der Waals surface area contributed by atoms with Crippen LogP contribution in [-0.4, -0.2) is 21.0 Å². The number of carboxylic acid groups (broad SMARTS) is 1. The predicted molar refractivity (Wildman–Crippen MR) is 46.6 cm³/mol. The molecule has 0 aliphatic carbocycles. The summed E-state index contributed by atoms with van der Waals surface area (Å²) in [7, 11) is 0. The van der Waals surface area contributed by atoms with Crippen LogP contribution in [0, 0.1) is 0 Å². The minimum absolute atomic E-state index is 0.0582. The molecule has 1 N–H and O–H groups in total. The van der Waals surface area contributed by atoms with Gasteiger partial charge in [0.05, 0.1) is 0 Å². The van der Waals surface area contributed by atoms with Gasteiger partial charge >= 0.3 is 5.97 Å². The van der Waals surface area contributed by atoms with E-state index in [1.165, 1.54) is 6.20 Å². The Morgan fingerprint density at radius 1 is 1.75 bits per heavy atom. The number of carbonyl (C=O) groups is 1. The molecule has 64 valence electrons. The standard InChI is InChI=1S/C6H4BrClN2O2/c7-1-3-2-9-6(8)10-4(3)5(11)12/h2H,1H2,(H,11,12). The van der Waals surface area contributed by atoms with Crippen molar-refractivity contribution in [2.45, 2.75) is 5.33 Å². The number of aromatic nitrogens is 2. The van der Waals surface area contributed by atoms with Gasteiger partial charge in [-0.3, -0.25) is 0 Å². The van der Waals surface area contributed by atoms with Crippen LogP contribution in [-0.2, 0) is 5.33 Å². The first kappa shape index (κ1) is 9.41. The lowest BCUT2D eigenvalue weighted by molar-refractivity contribution is 0.0689. The van der Waals surface area contributed by atoms with Crippen molar-refractivity contribution in [3.63, 3.8) is 0 Å². The van der Waals surface area contributed by atoms with Crippen LogP contribution in [0.2, 0.25) is 5.28 Å². The fraction of sp³-hybridized carbons (Fsp3) is 0.167. The van der Waals surface area contributed by atoms with Gasteiger partial charge in [0, 0.05) is 17.1 Å². The molecule has 6 heteroatoms. The quantitative estimate of drug-likeness (QED) is 0.642. The second-order valence-electron chi connectivity index (χ2n) is 1.95. The Balaban J connectivity index is 3.21. The molecule has 0 saturated heterocycles.